The molecule has 1 fully saturated rings. The molecule has 2 aliphatic rings. The number of pyridine rings is 1. The number of urea groups is 1. The van der Waals surface area contributed by atoms with E-state index in [2.05, 4.69) is 10.6 Å². The van der Waals surface area contributed by atoms with E-state index in [0.717, 1.165) is 12.1 Å². The third-order valence-corrected chi connectivity index (χ3v) is 6.77. The molecule has 9 heteroatoms. The van der Waals surface area contributed by atoms with Crippen LogP contribution in [0.2, 0.25) is 0 Å². The fourth-order valence-corrected chi connectivity index (χ4v) is 5.06. The number of hydrogen-bond donors (Lipinski definition) is 2. The van der Waals surface area contributed by atoms with Gasteiger partial charge >= 0.3 is 6.03 Å². The molecule has 2 bridgehead atoms. The Morgan fingerprint density at radius 3 is 2.75 bits per heavy atom. The standard InChI is InChI=1S/C23H27FN4O3S/c1-32-10-9-19(22(30)25-18-6-3-2-5-17(18)24)26-23(31)27-12-15-11-16(14-27)20-7-4-8-21(29)28(20)13-15/h2-8,15-16,19H,9-14H2,1H3,(H,25,30)(H,26,31)/t15-,16-,19-/m0/s1. The number of para-hydroxylation sites is 1. The molecule has 7 nitrogen and oxygen atoms in total. The Labute approximate surface area is 190 Å². The summed E-state index contributed by atoms with van der Waals surface area (Å²) in [6.07, 6.45) is 3.31. The fraction of sp³-hybridized carbons (Fsp3) is 0.435. The number of thioether (sulfide) groups is 1. The molecular formula is C23H27FN4O3S. The molecule has 0 spiro atoms. The summed E-state index contributed by atoms with van der Waals surface area (Å²) in [5.41, 5.74) is 1.05. The second-order valence-corrected chi connectivity index (χ2v) is 9.34. The van der Waals surface area contributed by atoms with E-state index in [4.69, 9.17) is 0 Å². The van der Waals surface area contributed by atoms with Crippen LogP contribution in [0.15, 0.2) is 47.3 Å². The number of hydrogen-bond acceptors (Lipinski definition) is 4. The first-order valence-corrected chi connectivity index (χ1v) is 12.1. The Morgan fingerprint density at radius 1 is 1.16 bits per heavy atom. The monoisotopic (exact) mass is 458 g/mol. The van der Waals surface area contributed by atoms with Gasteiger partial charge in [-0.05, 0) is 49.0 Å². The van der Waals surface area contributed by atoms with Crippen molar-refractivity contribution in [2.45, 2.75) is 31.3 Å². The maximum Gasteiger partial charge on any atom is 0.318 e. The number of carbonyl (C=O) groups excluding carboxylic acids is 2. The zero-order chi connectivity index (χ0) is 22.7. The van der Waals surface area contributed by atoms with Crippen molar-refractivity contribution in [1.29, 1.82) is 0 Å². The van der Waals surface area contributed by atoms with Crippen molar-refractivity contribution in [3.63, 3.8) is 0 Å². The van der Waals surface area contributed by atoms with Gasteiger partial charge in [0.15, 0.2) is 0 Å². The number of carbonyl (C=O) groups is 2. The van der Waals surface area contributed by atoms with Crippen molar-refractivity contribution in [3.8, 4) is 0 Å². The van der Waals surface area contributed by atoms with Gasteiger partial charge in [0.25, 0.3) is 5.56 Å². The van der Waals surface area contributed by atoms with Gasteiger partial charge in [0, 0.05) is 37.3 Å². The highest BCUT2D eigenvalue weighted by molar-refractivity contribution is 7.98. The van der Waals surface area contributed by atoms with Crippen molar-refractivity contribution in [1.82, 2.24) is 14.8 Å². The quantitative estimate of drug-likeness (QED) is 0.697. The van der Waals surface area contributed by atoms with E-state index in [0.29, 0.717) is 31.8 Å². The van der Waals surface area contributed by atoms with Crippen molar-refractivity contribution in [2.24, 2.45) is 5.92 Å². The van der Waals surface area contributed by atoms with Crippen molar-refractivity contribution in [2.75, 3.05) is 30.4 Å². The number of anilines is 1. The fourth-order valence-electron chi connectivity index (χ4n) is 4.59. The minimum Gasteiger partial charge on any atom is -0.326 e. The summed E-state index contributed by atoms with van der Waals surface area (Å²) in [6.45, 7) is 1.63. The van der Waals surface area contributed by atoms with Gasteiger partial charge in [0.05, 0.1) is 5.69 Å². The minimum atomic E-state index is -0.772. The lowest BCUT2D eigenvalue weighted by Crippen LogP contribution is -2.55. The summed E-state index contributed by atoms with van der Waals surface area (Å²) in [5, 5.41) is 5.45. The van der Waals surface area contributed by atoms with Crippen molar-refractivity contribution in [3.05, 3.63) is 64.3 Å². The molecule has 1 aromatic heterocycles. The molecule has 1 saturated heterocycles. The molecule has 2 aromatic rings. The van der Waals surface area contributed by atoms with E-state index >= 15 is 0 Å². The number of aromatic nitrogens is 1. The first-order chi connectivity index (χ1) is 15.5. The van der Waals surface area contributed by atoms with Gasteiger partial charge < -0.3 is 20.1 Å². The van der Waals surface area contributed by atoms with Gasteiger partial charge in [-0.15, -0.1) is 0 Å². The highest BCUT2D eigenvalue weighted by atomic mass is 32.2. The molecule has 0 unspecified atom stereocenters. The Bertz CT molecular complexity index is 1060. The third kappa shape index (κ3) is 4.82. The summed E-state index contributed by atoms with van der Waals surface area (Å²) in [7, 11) is 0. The average molecular weight is 459 g/mol. The van der Waals surface area contributed by atoms with Crippen LogP contribution in [-0.2, 0) is 11.3 Å². The number of halogens is 1. The number of nitrogens with one attached hydrogen (secondary N) is 2. The van der Waals surface area contributed by atoms with Crippen LogP contribution < -0.4 is 16.2 Å². The summed E-state index contributed by atoms with van der Waals surface area (Å²) in [5.74, 6) is 0.0140. The summed E-state index contributed by atoms with van der Waals surface area (Å²) < 4.78 is 15.8. The first-order valence-electron chi connectivity index (χ1n) is 10.8. The number of likely N-dealkylation sites (tertiary alicyclic amines) is 1. The van der Waals surface area contributed by atoms with Gasteiger partial charge in [-0.1, -0.05) is 18.2 Å². The normalized spacial score (nSPS) is 20.2. The summed E-state index contributed by atoms with van der Waals surface area (Å²) in [4.78, 5) is 39.9. The Balaban J connectivity index is 1.45. The molecule has 32 heavy (non-hydrogen) atoms. The van der Waals surface area contributed by atoms with Crippen LogP contribution in [0.25, 0.3) is 0 Å². The number of piperidine rings is 1. The molecule has 3 amide bonds. The van der Waals surface area contributed by atoms with E-state index in [1.54, 1.807) is 40.9 Å². The second-order valence-electron chi connectivity index (χ2n) is 8.36. The Hall–Kier alpha value is -2.81. The molecule has 0 saturated carbocycles. The molecule has 3 atom stereocenters. The predicted molar refractivity (Wildman–Crippen MR) is 123 cm³/mol. The summed E-state index contributed by atoms with van der Waals surface area (Å²) in [6, 6.07) is 10.2. The van der Waals surface area contributed by atoms with Crippen LogP contribution in [0.5, 0.6) is 0 Å². The van der Waals surface area contributed by atoms with Gasteiger partial charge in [-0.3, -0.25) is 9.59 Å². The van der Waals surface area contributed by atoms with Gasteiger partial charge in [0.2, 0.25) is 5.91 Å². The van der Waals surface area contributed by atoms with Gasteiger partial charge in [-0.2, -0.15) is 11.8 Å². The van der Waals surface area contributed by atoms with Crippen molar-refractivity contribution >= 4 is 29.4 Å². The zero-order valence-electron chi connectivity index (χ0n) is 17.9. The summed E-state index contributed by atoms with van der Waals surface area (Å²) >= 11 is 1.58. The maximum atomic E-state index is 14.0. The van der Waals surface area contributed by atoms with Crippen LogP contribution in [0.3, 0.4) is 0 Å². The third-order valence-electron chi connectivity index (χ3n) is 6.12. The van der Waals surface area contributed by atoms with Crippen LogP contribution in [0.4, 0.5) is 14.9 Å². The molecule has 2 N–H and O–H groups in total. The minimum absolute atomic E-state index is 0.00273. The maximum absolute atomic E-state index is 14.0. The number of amides is 3. The van der Waals surface area contributed by atoms with E-state index in [9.17, 15) is 18.8 Å². The lowest BCUT2D eigenvalue weighted by atomic mass is 9.83. The lowest BCUT2D eigenvalue weighted by molar-refractivity contribution is -0.118. The molecule has 0 radical (unpaired) electrons. The predicted octanol–water partition coefficient (Wildman–Crippen LogP) is 2.88. The molecule has 1 aromatic carbocycles. The van der Waals surface area contributed by atoms with Crippen LogP contribution >= 0.6 is 11.8 Å². The van der Waals surface area contributed by atoms with E-state index in [1.807, 2.05) is 16.9 Å². The first kappa shape index (κ1) is 22.4. The van der Waals surface area contributed by atoms with E-state index in [1.165, 1.54) is 12.1 Å². The molecule has 3 heterocycles. The molecule has 0 aliphatic carbocycles. The van der Waals surface area contributed by atoms with Crippen LogP contribution in [0, 0.1) is 11.7 Å². The Morgan fingerprint density at radius 2 is 1.97 bits per heavy atom. The number of rotatable bonds is 6. The second kappa shape index (κ2) is 9.77. The average Bonchev–Trinajstić information content (AvgIpc) is 2.78. The van der Waals surface area contributed by atoms with E-state index < -0.39 is 17.8 Å². The number of nitrogens with zero attached hydrogens (tertiary/aromatic N) is 2. The van der Waals surface area contributed by atoms with Crippen molar-refractivity contribution < 1.29 is 14.0 Å². The molecule has 170 valence electrons. The smallest absolute Gasteiger partial charge is 0.318 e. The largest absolute Gasteiger partial charge is 0.326 e. The SMILES string of the molecule is CSCC[C@H](NC(=O)N1C[C@@H]2C[C@@H](C1)c1cccc(=O)n1C2)C(=O)Nc1ccccc1F. The lowest BCUT2D eigenvalue weighted by Gasteiger charge is -2.43. The molecule has 4 rings (SSSR count). The van der Waals surface area contributed by atoms with Crippen LogP contribution in [-0.4, -0.2) is 52.5 Å². The Kier molecular flexibility index (Phi) is 6.83. The van der Waals surface area contributed by atoms with Gasteiger partial charge in [-0.25, -0.2) is 9.18 Å². The van der Waals surface area contributed by atoms with E-state index in [-0.39, 0.29) is 29.1 Å². The molecular weight excluding hydrogens is 431 g/mol. The van der Waals surface area contributed by atoms with Crippen LogP contribution in [0.1, 0.15) is 24.5 Å². The topological polar surface area (TPSA) is 83.4 Å². The number of benzene rings is 1. The zero-order valence-corrected chi connectivity index (χ0v) is 18.7. The molecule has 2 aliphatic heterocycles. The number of fused-ring (bicyclic) bond motifs is 4. The highest BCUT2D eigenvalue weighted by Crippen LogP contribution is 2.34. The highest BCUT2D eigenvalue weighted by Gasteiger charge is 2.37. The van der Waals surface area contributed by atoms with Gasteiger partial charge in [0.1, 0.15) is 11.9 Å².